The van der Waals surface area contributed by atoms with Crippen LogP contribution in [0.15, 0.2) is 28.8 Å². The molecule has 1 aromatic heterocycles. The summed E-state index contributed by atoms with van der Waals surface area (Å²) in [6.07, 6.45) is 1.66. The van der Waals surface area contributed by atoms with Crippen LogP contribution >= 0.6 is 0 Å². The Hall–Kier alpha value is -1.92. The van der Waals surface area contributed by atoms with Crippen LogP contribution in [0.5, 0.6) is 5.75 Å². The van der Waals surface area contributed by atoms with Crippen LogP contribution in [0.2, 0.25) is 0 Å². The van der Waals surface area contributed by atoms with E-state index in [1.807, 2.05) is 12.1 Å². The minimum Gasteiger partial charge on any atom is -0.508 e. The van der Waals surface area contributed by atoms with Gasteiger partial charge < -0.3 is 20.7 Å². The average molecular weight is 276 g/mol. The lowest BCUT2D eigenvalue weighted by atomic mass is 10.1. The predicted molar refractivity (Wildman–Crippen MR) is 75.0 cm³/mol. The molecule has 0 aliphatic rings. The van der Waals surface area contributed by atoms with E-state index in [0.717, 1.165) is 18.5 Å². The van der Waals surface area contributed by atoms with Crippen LogP contribution in [-0.4, -0.2) is 21.8 Å². The third kappa shape index (κ3) is 4.04. The summed E-state index contributed by atoms with van der Waals surface area (Å²) in [5.41, 5.74) is 7.08. The largest absolute Gasteiger partial charge is 0.508 e. The first-order chi connectivity index (χ1) is 9.69. The summed E-state index contributed by atoms with van der Waals surface area (Å²) in [4.78, 5) is 4.28. The second-order valence-electron chi connectivity index (χ2n) is 4.70. The van der Waals surface area contributed by atoms with Crippen molar-refractivity contribution in [1.82, 2.24) is 15.5 Å². The first-order valence-electron chi connectivity index (χ1n) is 6.75. The SMILES string of the molecule is CCCNCc1nc(C(N)Cc2ccc(O)cc2)no1. The van der Waals surface area contributed by atoms with Gasteiger partial charge in [-0.05, 0) is 37.1 Å². The molecule has 0 spiro atoms. The van der Waals surface area contributed by atoms with Gasteiger partial charge in [-0.2, -0.15) is 4.98 Å². The number of nitrogens with zero attached hydrogens (tertiary/aromatic N) is 2. The Balaban J connectivity index is 1.91. The summed E-state index contributed by atoms with van der Waals surface area (Å²) in [7, 11) is 0. The number of benzene rings is 1. The monoisotopic (exact) mass is 276 g/mol. The fraction of sp³-hybridized carbons (Fsp3) is 0.429. The Morgan fingerprint density at radius 2 is 2.10 bits per heavy atom. The highest BCUT2D eigenvalue weighted by molar-refractivity contribution is 5.26. The van der Waals surface area contributed by atoms with Crippen molar-refractivity contribution in [2.75, 3.05) is 6.54 Å². The molecule has 0 saturated heterocycles. The first-order valence-corrected chi connectivity index (χ1v) is 6.75. The molecule has 0 amide bonds. The van der Waals surface area contributed by atoms with E-state index in [2.05, 4.69) is 22.4 Å². The molecular formula is C14H20N4O2. The summed E-state index contributed by atoms with van der Waals surface area (Å²) in [5.74, 6) is 1.30. The van der Waals surface area contributed by atoms with E-state index in [1.54, 1.807) is 12.1 Å². The number of rotatable bonds is 7. The fourth-order valence-corrected chi connectivity index (χ4v) is 1.84. The van der Waals surface area contributed by atoms with E-state index in [0.29, 0.717) is 24.7 Å². The lowest BCUT2D eigenvalue weighted by molar-refractivity contribution is 0.360. The van der Waals surface area contributed by atoms with Crippen molar-refractivity contribution in [1.29, 1.82) is 0 Å². The van der Waals surface area contributed by atoms with Crippen LogP contribution in [0.25, 0.3) is 0 Å². The molecule has 4 N–H and O–H groups in total. The van der Waals surface area contributed by atoms with E-state index < -0.39 is 0 Å². The number of aromatic hydroxyl groups is 1. The summed E-state index contributed by atoms with van der Waals surface area (Å²) in [6, 6.07) is 6.62. The first kappa shape index (κ1) is 14.5. The third-order valence-electron chi connectivity index (χ3n) is 2.91. The maximum absolute atomic E-state index is 9.24. The van der Waals surface area contributed by atoms with Gasteiger partial charge in [0, 0.05) is 0 Å². The summed E-state index contributed by atoms with van der Waals surface area (Å²) < 4.78 is 5.15. The second-order valence-corrected chi connectivity index (χ2v) is 4.70. The number of phenolic OH excluding ortho intramolecular Hbond substituents is 1. The third-order valence-corrected chi connectivity index (χ3v) is 2.91. The van der Waals surface area contributed by atoms with Gasteiger partial charge in [-0.25, -0.2) is 0 Å². The molecule has 0 fully saturated rings. The maximum atomic E-state index is 9.24. The van der Waals surface area contributed by atoms with Gasteiger partial charge in [0.25, 0.3) is 0 Å². The summed E-state index contributed by atoms with van der Waals surface area (Å²) in [6.45, 7) is 3.57. The van der Waals surface area contributed by atoms with Gasteiger partial charge in [0.1, 0.15) is 5.75 Å². The van der Waals surface area contributed by atoms with Gasteiger partial charge in [-0.15, -0.1) is 0 Å². The summed E-state index contributed by atoms with van der Waals surface area (Å²) in [5, 5.41) is 16.3. The maximum Gasteiger partial charge on any atom is 0.240 e. The Kier molecular flexibility index (Phi) is 5.09. The number of nitrogens with one attached hydrogen (secondary N) is 1. The van der Waals surface area contributed by atoms with Crippen molar-refractivity contribution in [3.05, 3.63) is 41.5 Å². The minimum absolute atomic E-state index is 0.242. The van der Waals surface area contributed by atoms with Crippen LogP contribution in [0.3, 0.4) is 0 Å². The van der Waals surface area contributed by atoms with Gasteiger partial charge in [0.2, 0.25) is 5.89 Å². The number of hydrogen-bond donors (Lipinski definition) is 3. The average Bonchev–Trinajstić information content (AvgIpc) is 2.91. The molecule has 1 aromatic carbocycles. The fourth-order valence-electron chi connectivity index (χ4n) is 1.84. The van der Waals surface area contributed by atoms with Crippen molar-refractivity contribution in [3.8, 4) is 5.75 Å². The molecule has 1 atom stereocenters. The number of hydrogen-bond acceptors (Lipinski definition) is 6. The lowest BCUT2D eigenvalue weighted by Gasteiger charge is -2.06. The Bertz CT molecular complexity index is 524. The smallest absolute Gasteiger partial charge is 0.240 e. The van der Waals surface area contributed by atoms with Crippen molar-refractivity contribution in [3.63, 3.8) is 0 Å². The van der Waals surface area contributed by atoms with Gasteiger partial charge in [0.15, 0.2) is 5.82 Å². The highest BCUT2D eigenvalue weighted by Gasteiger charge is 2.14. The molecule has 0 aliphatic heterocycles. The molecular weight excluding hydrogens is 256 g/mol. The molecule has 108 valence electrons. The highest BCUT2D eigenvalue weighted by atomic mass is 16.5. The molecule has 0 radical (unpaired) electrons. The van der Waals surface area contributed by atoms with Crippen LogP contribution in [0, 0.1) is 0 Å². The van der Waals surface area contributed by atoms with E-state index in [9.17, 15) is 5.11 Å². The molecule has 0 aliphatic carbocycles. The standard InChI is InChI=1S/C14H20N4O2/c1-2-7-16-9-13-17-14(18-20-13)12(15)8-10-3-5-11(19)6-4-10/h3-6,12,16,19H,2,7-9,15H2,1H3. The molecule has 1 heterocycles. The zero-order chi connectivity index (χ0) is 14.4. The van der Waals surface area contributed by atoms with Crippen molar-refractivity contribution in [2.24, 2.45) is 5.73 Å². The predicted octanol–water partition coefficient (Wildman–Crippen LogP) is 1.52. The van der Waals surface area contributed by atoms with E-state index in [1.165, 1.54) is 0 Å². The van der Waals surface area contributed by atoms with Crippen molar-refractivity contribution >= 4 is 0 Å². The normalized spacial score (nSPS) is 12.5. The van der Waals surface area contributed by atoms with E-state index >= 15 is 0 Å². The Morgan fingerprint density at radius 3 is 2.80 bits per heavy atom. The number of aromatic nitrogens is 2. The molecule has 2 rings (SSSR count). The van der Waals surface area contributed by atoms with Gasteiger partial charge >= 0.3 is 0 Å². The van der Waals surface area contributed by atoms with Crippen LogP contribution in [-0.2, 0) is 13.0 Å². The van der Waals surface area contributed by atoms with E-state index in [-0.39, 0.29) is 11.8 Å². The Morgan fingerprint density at radius 1 is 1.35 bits per heavy atom. The molecule has 6 heteroatoms. The summed E-state index contributed by atoms with van der Waals surface area (Å²) >= 11 is 0. The zero-order valence-electron chi connectivity index (χ0n) is 11.5. The van der Waals surface area contributed by atoms with E-state index in [4.69, 9.17) is 10.3 Å². The topological polar surface area (TPSA) is 97.2 Å². The lowest BCUT2D eigenvalue weighted by Crippen LogP contribution is -2.16. The van der Waals surface area contributed by atoms with Crippen molar-refractivity contribution in [2.45, 2.75) is 32.4 Å². The molecule has 6 nitrogen and oxygen atoms in total. The minimum atomic E-state index is -0.316. The van der Waals surface area contributed by atoms with Gasteiger partial charge in [-0.1, -0.05) is 24.2 Å². The molecule has 20 heavy (non-hydrogen) atoms. The second kappa shape index (κ2) is 7.02. The van der Waals surface area contributed by atoms with Gasteiger partial charge in [-0.3, -0.25) is 0 Å². The molecule has 0 bridgehead atoms. The number of nitrogens with two attached hydrogens (primary N) is 1. The van der Waals surface area contributed by atoms with Crippen molar-refractivity contribution < 1.29 is 9.63 Å². The van der Waals surface area contributed by atoms with Gasteiger partial charge in [0.05, 0.1) is 12.6 Å². The van der Waals surface area contributed by atoms with Crippen LogP contribution < -0.4 is 11.1 Å². The molecule has 0 saturated carbocycles. The number of phenols is 1. The zero-order valence-corrected chi connectivity index (χ0v) is 11.5. The highest BCUT2D eigenvalue weighted by Crippen LogP contribution is 2.16. The van der Waals surface area contributed by atoms with Crippen LogP contribution in [0.4, 0.5) is 0 Å². The van der Waals surface area contributed by atoms with Crippen LogP contribution in [0.1, 0.15) is 36.7 Å². The molecule has 2 aromatic rings. The molecule has 1 unspecified atom stereocenters. The Labute approximate surface area is 118 Å². The quantitative estimate of drug-likeness (QED) is 0.663.